The summed E-state index contributed by atoms with van der Waals surface area (Å²) < 4.78 is 0. The van der Waals surface area contributed by atoms with Crippen molar-refractivity contribution in [2.45, 2.75) is 31.7 Å². The van der Waals surface area contributed by atoms with Gasteiger partial charge in [0.15, 0.2) is 0 Å². The van der Waals surface area contributed by atoms with Gasteiger partial charge in [-0.1, -0.05) is 36.3 Å². The van der Waals surface area contributed by atoms with Crippen LogP contribution in [0.25, 0.3) is 0 Å². The first-order chi connectivity index (χ1) is 11.2. The molecule has 4 heteroatoms. The predicted octanol–water partition coefficient (Wildman–Crippen LogP) is 1.96. The van der Waals surface area contributed by atoms with Crippen molar-refractivity contribution in [3.8, 4) is 12.3 Å². The van der Waals surface area contributed by atoms with Gasteiger partial charge in [-0.25, -0.2) is 0 Å². The number of hydrogen-bond donors (Lipinski definition) is 2. The maximum Gasteiger partial charge on any atom is 0.223 e. The molecule has 1 unspecified atom stereocenters. The van der Waals surface area contributed by atoms with Crippen LogP contribution in [0.2, 0.25) is 0 Å². The molecule has 0 spiro atoms. The summed E-state index contributed by atoms with van der Waals surface area (Å²) in [6.07, 6.45) is 8.48. The Labute approximate surface area is 138 Å². The van der Waals surface area contributed by atoms with Crippen LogP contribution in [-0.4, -0.2) is 42.2 Å². The van der Waals surface area contributed by atoms with E-state index in [1.165, 1.54) is 0 Å². The Hall–Kier alpha value is -1.83. The number of nitrogens with one attached hydrogen (secondary N) is 1. The summed E-state index contributed by atoms with van der Waals surface area (Å²) in [4.78, 5) is 14.8. The molecule has 1 saturated heterocycles. The highest BCUT2D eigenvalue weighted by molar-refractivity contribution is 5.79. The number of aliphatic hydroxyl groups is 1. The van der Waals surface area contributed by atoms with Gasteiger partial charge in [-0.15, -0.1) is 6.42 Å². The van der Waals surface area contributed by atoms with Crippen molar-refractivity contribution in [3.63, 3.8) is 0 Å². The minimum atomic E-state index is -0.0282. The molecule has 0 saturated carbocycles. The molecule has 1 fully saturated rings. The van der Waals surface area contributed by atoms with E-state index in [4.69, 9.17) is 11.5 Å². The van der Waals surface area contributed by atoms with Gasteiger partial charge >= 0.3 is 0 Å². The van der Waals surface area contributed by atoms with Gasteiger partial charge in [-0.2, -0.15) is 0 Å². The quantitative estimate of drug-likeness (QED) is 0.757. The van der Waals surface area contributed by atoms with Gasteiger partial charge in [0, 0.05) is 12.5 Å². The summed E-state index contributed by atoms with van der Waals surface area (Å²) in [5, 5.41) is 12.3. The fourth-order valence-corrected chi connectivity index (χ4v) is 3.07. The molecule has 0 bridgehead atoms. The second kappa shape index (κ2) is 9.34. The first-order valence-corrected chi connectivity index (χ1v) is 8.36. The summed E-state index contributed by atoms with van der Waals surface area (Å²) in [7, 11) is 0. The molecule has 0 aliphatic carbocycles. The second-order valence-electron chi connectivity index (χ2n) is 6.09. The third kappa shape index (κ3) is 5.38. The highest BCUT2D eigenvalue weighted by Crippen LogP contribution is 2.22. The lowest BCUT2D eigenvalue weighted by atomic mass is 9.94. The van der Waals surface area contributed by atoms with Crippen LogP contribution in [0.5, 0.6) is 0 Å². The van der Waals surface area contributed by atoms with Crippen LogP contribution in [0.15, 0.2) is 30.3 Å². The van der Waals surface area contributed by atoms with Crippen molar-refractivity contribution in [1.29, 1.82) is 0 Å². The van der Waals surface area contributed by atoms with Crippen LogP contribution < -0.4 is 5.32 Å². The second-order valence-corrected chi connectivity index (χ2v) is 6.09. The Morgan fingerprint density at radius 1 is 1.35 bits per heavy atom. The molecular formula is C19H26N2O2. The summed E-state index contributed by atoms with van der Waals surface area (Å²) in [6.45, 7) is 2.57. The third-order valence-electron chi connectivity index (χ3n) is 4.44. The van der Waals surface area contributed by atoms with Crippen molar-refractivity contribution in [2.75, 3.05) is 26.2 Å². The van der Waals surface area contributed by atoms with E-state index < -0.39 is 0 Å². The summed E-state index contributed by atoms with van der Waals surface area (Å²) in [5.41, 5.74) is 1.10. The zero-order valence-electron chi connectivity index (χ0n) is 13.6. The molecule has 1 amide bonds. The Morgan fingerprint density at radius 2 is 2.04 bits per heavy atom. The average molecular weight is 314 g/mol. The maximum atomic E-state index is 12.6. The lowest BCUT2D eigenvalue weighted by Crippen LogP contribution is -2.41. The van der Waals surface area contributed by atoms with Gasteiger partial charge < -0.3 is 10.4 Å². The third-order valence-corrected chi connectivity index (χ3v) is 4.44. The van der Waals surface area contributed by atoms with Crippen LogP contribution in [-0.2, 0) is 4.79 Å². The lowest BCUT2D eigenvalue weighted by Gasteiger charge is -2.31. The van der Waals surface area contributed by atoms with Crippen LogP contribution >= 0.6 is 0 Å². The van der Waals surface area contributed by atoms with Crippen molar-refractivity contribution in [3.05, 3.63) is 35.9 Å². The van der Waals surface area contributed by atoms with Gasteiger partial charge in [-0.05, 0) is 44.3 Å². The highest BCUT2D eigenvalue weighted by Gasteiger charge is 2.26. The van der Waals surface area contributed by atoms with E-state index in [1.54, 1.807) is 0 Å². The fraction of sp³-hybridized carbons (Fsp3) is 0.526. The van der Waals surface area contributed by atoms with E-state index in [9.17, 15) is 4.79 Å². The number of hydrogen-bond acceptors (Lipinski definition) is 3. The molecular weight excluding hydrogens is 288 g/mol. The zero-order valence-corrected chi connectivity index (χ0v) is 13.6. The molecule has 2 N–H and O–H groups in total. The average Bonchev–Trinajstić information content (AvgIpc) is 2.60. The Bertz CT molecular complexity index is 516. The molecule has 1 atom stereocenters. The molecule has 1 heterocycles. The van der Waals surface area contributed by atoms with Crippen molar-refractivity contribution in [2.24, 2.45) is 5.92 Å². The number of nitrogens with zero attached hydrogens (tertiary/aromatic N) is 1. The van der Waals surface area contributed by atoms with Gasteiger partial charge in [0.1, 0.15) is 0 Å². The molecule has 0 aromatic heterocycles. The van der Waals surface area contributed by atoms with Crippen molar-refractivity contribution < 1.29 is 9.90 Å². The maximum absolute atomic E-state index is 12.6. The first-order valence-electron chi connectivity index (χ1n) is 8.36. The minimum Gasteiger partial charge on any atom is -0.396 e. The first kappa shape index (κ1) is 17.5. The fourth-order valence-electron chi connectivity index (χ4n) is 3.07. The number of rotatable bonds is 7. The van der Waals surface area contributed by atoms with Crippen LogP contribution in [0.3, 0.4) is 0 Å². The molecule has 1 aromatic carbocycles. The predicted molar refractivity (Wildman–Crippen MR) is 91.6 cm³/mol. The summed E-state index contributed by atoms with van der Waals surface area (Å²) >= 11 is 0. The highest BCUT2D eigenvalue weighted by atomic mass is 16.3. The largest absolute Gasteiger partial charge is 0.396 e. The van der Waals surface area contributed by atoms with E-state index in [0.717, 1.165) is 37.9 Å². The number of carbonyl (C=O) groups excluding carboxylic acids is 1. The van der Waals surface area contributed by atoms with Gasteiger partial charge in [0.25, 0.3) is 0 Å². The van der Waals surface area contributed by atoms with E-state index in [1.807, 2.05) is 30.3 Å². The molecule has 2 rings (SSSR count). The van der Waals surface area contributed by atoms with E-state index >= 15 is 0 Å². The molecule has 0 radical (unpaired) electrons. The lowest BCUT2D eigenvalue weighted by molar-refractivity contribution is -0.127. The molecule has 1 aliphatic rings. The van der Waals surface area contributed by atoms with Gasteiger partial charge in [0.2, 0.25) is 5.91 Å². The Kier molecular flexibility index (Phi) is 7.12. The van der Waals surface area contributed by atoms with Gasteiger partial charge in [0.05, 0.1) is 12.6 Å². The molecule has 4 nitrogen and oxygen atoms in total. The monoisotopic (exact) mass is 314 g/mol. The molecule has 23 heavy (non-hydrogen) atoms. The summed E-state index contributed by atoms with van der Waals surface area (Å²) in [6, 6.07) is 9.95. The SMILES string of the molecule is C#CCN1CCC(C(=O)NC(CCCO)c2ccccc2)CC1. The number of benzene rings is 1. The van der Waals surface area contributed by atoms with E-state index in [2.05, 4.69) is 16.1 Å². The molecule has 1 aromatic rings. The minimum absolute atomic E-state index is 0.0282. The Morgan fingerprint density at radius 3 is 2.65 bits per heavy atom. The summed E-state index contributed by atoms with van der Waals surface area (Å²) in [5.74, 6) is 2.84. The topological polar surface area (TPSA) is 52.6 Å². The van der Waals surface area contributed by atoms with E-state index in [0.29, 0.717) is 13.0 Å². The number of amides is 1. The standard InChI is InChI=1S/C19H26N2O2/c1-2-12-21-13-10-17(11-14-21)19(23)20-18(9-6-15-22)16-7-4-3-5-8-16/h1,3-5,7-8,17-18,22H,6,9-15H2,(H,20,23). The van der Waals surface area contributed by atoms with Gasteiger partial charge in [-0.3, -0.25) is 9.69 Å². The van der Waals surface area contributed by atoms with Crippen molar-refractivity contribution in [1.82, 2.24) is 10.2 Å². The smallest absolute Gasteiger partial charge is 0.223 e. The molecule has 1 aliphatic heterocycles. The zero-order chi connectivity index (χ0) is 16.5. The number of piperidine rings is 1. The molecule has 124 valence electrons. The number of carbonyl (C=O) groups is 1. The Balaban J connectivity index is 1.92. The number of aliphatic hydroxyl groups excluding tert-OH is 1. The number of likely N-dealkylation sites (tertiary alicyclic amines) is 1. The van der Waals surface area contributed by atoms with E-state index in [-0.39, 0.29) is 24.5 Å². The van der Waals surface area contributed by atoms with Crippen LogP contribution in [0.1, 0.15) is 37.3 Å². The number of terminal acetylenes is 1. The van der Waals surface area contributed by atoms with Crippen molar-refractivity contribution >= 4 is 5.91 Å². The van der Waals surface area contributed by atoms with Crippen LogP contribution in [0, 0.1) is 18.3 Å². The normalized spacial score (nSPS) is 17.4. The van der Waals surface area contributed by atoms with Crippen LogP contribution in [0.4, 0.5) is 0 Å².